The second-order valence-corrected chi connectivity index (χ2v) is 7.63. The summed E-state index contributed by atoms with van der Waals surface area (Å²) in [6.07, 6.45) is 3.91. The smallest absolute Gasteiger partial charge is 0.272 e. The third kappa shape index (κ3) is 4.03. The van der Waals surface area contributed by atoms with E-state index in [0.717, 1.165) is 31.5 Å². The maximum absolute atomic E-state index is 12.8. The predicted octanol–water partition coefficient (Wildman–Crippen LogP) is 1.32. The molecule has 2 saturated heterocycles. The normalized spacial score (nSPS) is 19.9. The van der Waals surface area contributed by atoms with E-state index in [-0.39, 0.29) is 23.8 Å². The zero-order chi connectivity index (χ0) is 18.7. The fourth-order valence-electron chi connectivity index (χ4n) is 4.15. The van der Waals surface area contributed by atoms with Crippen molar-refractivity contribution in [3.8, 4) is 0 Å². The Kier molecular flexibility index (Phi) is 5.55. The Morgan fingerprint density at radius 1 is 1.23 bits per heavy atom. The number of aliphatic hydroxyl groups excluding tert-OH is 1. The van der Waals surface area contributed by atoms with Gasteiger partial charge in [0.05, 0.1) is 0 Å². The van der Waals surface area contributed by atoms with E-state index in [0.29, 0.717) is 44.0 Å². The van der Waals surface area contributed by atoms with Gasteiger partial charge in [0.1, 0.15) is 11.5 Å². The monoisotopic (exact) mass is 360 g/mol. The van der Waals surface area contributed by atoms with Crippen LogP contribution in [0.2, 0.25) is 0 Å². The van der Waals surface area contributed by atoms with Gasteiger partial charge in [-0.2, -0.15) is 0 Å². The Bertz CT molecular complexity index is 663. The van der Waals surface area contributed by atoms with Crippen molar-refractivity contribution >= 4 is 11.8 Å². The molecule has 0 aliphatic carbocycles. The van der Waals surface area contributed by atoms with Gasteiger partial charge in [-0.3, -0.25) is 9.59 Å². The minimum absolute atomic E-state index is 0.0301. The van der Waals surface area contributed by atoms with Gasteiger partial charge in [0.15, 0.2) is 0 Å². The Balaban J connectivity index is 1.63. The maximum atomic E-state index is 12.8. The number of amides is 2. The zero-order valence-corrected chi connectivity index (χ0v) is 15.7. The van der Waals surface area contributed by atoms with Crippen molar-refractivity contribution < 1.29 is 14.7 Å². The van der Waals surface area contributed by atoms with Crippen molar-refractivity contribution in [2.45, 2.75) is 46.0 Å². The number of hydrogen-bond acceptors (Lipinski definition) is 5. The van der Waals surface area contributed by atoms with Crippen molar-refractivity contribution in [2.75, 3.05) is 32.8 Å². The van der Waals surface area contributed by atoms with Crippen LogP contribution in [0, 0.1) is 19.3 Å². The standard InChI is InChI=1S/C19H28N4O3/c1-14-12-16(21-15(2)20-14)18(26)22-9-6-19(7-10-22)5-4-17(25)23(13-19)8-3-11-24/h12,24H,3-11,13H2,1-2H3. The predicted molar refractivity (Wildman–Crippen MR) is 96.6 cm³/mol. The van der Waals surface area contributed by atoms with Crippen molar-refractivity contribution in [1.29, 1.82) is 0 Å². The summed E-state index contributed by atoms with van der Waals surface area (Å²) in [6, 6.07) is 1.75. The maximum Gasteiger partial charge on any atom is 0.272 e. The van der Waals surface area contributed by atoms with Crippen LogP contribution < -0.4 is 0 Å². The number of rotatable bonds is 4. The van der Waals surface area contributed by atoms with Crippen LogP contribution in [-0.4, -0.2) is 69.5 Å². The van der Waals surface area contributed by atoms with Crippen LogP contribution >= 0.6 is 0 Å². The molecule has 1 aromatic rings. The lowest BCUT2D eigenvalue weighted by Crippen LogP contribution is -2.52. The summed E-state index contributed by atoms with van der Waals surface area (Å²) in [7, 11) is 0. The first-order chi connectivity index (χ1) is 12.4. The molecule has 0 aromatic carbocycles. The van der Waals surface area contributed by atoms with E-state index in [2.05, 4.69) is 9.97 Å². The highest BCUT2D eigenvalue weighted by molar-refractivity contribution is 5.92. The van der Waals surface area contributed by atoms with E-state index in [1.54, 1.807) is 13.0 Å². The quantitative estimate of drug-likeness (QED) is 0.875. The van der Waals surface area contributed by atoms with Crippen molar-refractivity contribution in [3.63, 3.8) is 0 Å². The van der Waals surface area contributed by atoms with Crippen LogP contribution in [0.5, 0.6) is 0 Å². The number of aromatic nitrogens is 2. The van der Waals surface area contributed by atoms with Gasteiger partial charge in [0.2, 0.25) is 5.91 Å². The van der Waals surface area contributed by atoms with Crippen LogP contribution in [0.25, 0.3) is 0 Å². The number of carbonyl (C=O) groups is 2. The van der Waals surface area contributed by atoms with Crippen LogP contribution in [0.15, 0.2) is 6.07 Å². The number of aliphatic hydroxyl groups is 1. The Morgan fingerprint density at radius 3 is 2.62 bits per heavy atom. The van der Waals surface area contributed by atoms with Crippen molar-refractivity contribution in [1.82, 2.24) is 19.8 Å². The van der Waals surface area contributed by atoms with E-state index >= 15 is 0 Å². The van der Waals surface area contributed by atoms with Crippen molar-refractivity contribution in [3.05, 3.63) is 23.3 Å². The van der Waals surface area contributed by atoms with Gasteiger partial charge in [0.25, 0.3) is 5.91 Å². The highest BCUT2D eigenvalue weighted by Crippen LogP contribution is 2.40. The topological polar surface area (TPSA) is 86.6 Å². The Morgan fingerprint density at radius 2 is 1.96 bits per heavy atom. The molecule has 7 heteroatoms. The molecule has 2 aliphatic rings. The first kappa shape index (κ1) is 18.8. The molecule has 7 nitrogen and oxygen atoms in total. The second kappa shape index (κ2) is 7.70. The van der Waals surface area contributed by atoms with Gasteiger partial charge < -0.3 is 14.9 Å². The summed E-state index contributed by atoms with van der Waals surface area (Å²) in [5.41, 5.74) is 1.38. The average molecular weight is 360 g/mol. The molecule has 2 aliphatic heterocycles. The second-order valence-electron chi connectivity index (χ2n) is 7.63. The molecule has 1 spiro atoms. The van der Waals surface area contributed by atoms with Gasteiger partial charge >= 0.3 is 0 Å². The van der Waals surface area contributed by atoms with Crippen LogP contribution in [0.4, 0.5) is 0 Å². The molecule has 0 radical (unpaired) electrons. The largest absolute Gasteiger partial charge is 0.396 e. The highest BCUT2D eigenvalue weighted by atomic mass is 16.3. The van der Waals surface area contributed by atoms with Gasteiger partial charge in [-0.25, -0.2) is 9.97 Å². The summed E-state index contributed by atoms with van der Waals surface area (Å²) in [5.74, 6) is 0.777. The molecule has 3 heterocycles. The number of carbonyl (C=O) groups excluding carboxylic acids is 2. The summed E-state index contributed by atoms with van der Waals surface area (Å²) >= 11 is 0. The van der Waals surface area contributed by atoms with Gasteiger partial charge in [-0.15, -0.1) is 0 Å². The molecule has 0 atom stereocenters. The molecular weight excluding hydrogens is 332 g/mol. The van der Waals surface area contributed by atoms with E-state index in [1.807, 2.05) is 16.7 Å². The summed E-state index contributed by atoms with van der Waals surface area (Å²) < 4.78 is 0. The number of likely N-dealkylation sites (tertiary alicyclic amines) is 2. The lowest BCUT2D eigenvalue weighted by Gasteiger charge is -2.47. The van der Waals surface area contributed by atoms with E-state index in [9.17, 15) is 9.59 Å². The third-order valence-corrected chi connectivity index (χ3v) is 5.63. The minimum Gasteiger partial charge on any atom is -0.396 e. The summed E-state index contributed by atoms with van der Waals surface area (Å²) in [5, 5.41) is 9.04. The number of aryl methyl sites for hydroxylation is 2. The fraction of sp³-hybridized carbons (Fsp3) is 0.684. The molecule has 2 amide bonds. The molecule has 1 aromatic heterocycles. The molecule has 142 valence electrons. The summed E-state index contributed by atoms with van der Waals surface area (Å²) in [4.78, 5) is 37.2. The fourth-order valence-corrected chi connectivity index (χ4v) is 4.15. The molecule has 26 heavy (non-hydrogen) atoms. The Hall–Kier alpha value is -2.02. The lowest BCUT2D eigenvalue weighted by molar-refractivity contribution is -0.139. The molecule has 0 bridgehead atoms. The average Bonchev–Trinajstić information content (AvgIpc) is 2.62. The van der Waals surface area contributed by atoms with Crippen LogP contribution in [-0.2, 0) is 4.79 Å². The summed E-state index contributed by atoms with van der Waals surface area (Å²) in [6.45, 7) is 6.55. The van der Waals surface area contributed by atoms with Gasteiger partial charge in [0, 0.05) is 44.9 Å². The number of hydrogen-bond donors (Lipinski definition) is 1. The molecule has 3 rings (SSSR count). The SMILES string of the molecule is Cc1cc(C(=O)N2CCC3(CCC(=O)N(CCCO)C3)CC2)nc(C)n1. The van der Waals surface area contributed by atoms with Crippen LogP contribution in [0.3, 0.4) is 0 Å². The van der Waals surface area contributed by atoms with Gasteiger partial charge in [-0.1, -0.05) is 0 Å². The molecular formula is C19H28N4O3. The van der Waals surface area contributed by atoms with E-state index in [4.69, 9.17) is 5.11 Å². The van der Waals surface area contributed by atoms with E-state index < -0.39 is 0 Å². The third-order valence-electron chi connectivity index (χ3n) is 5.63. The zero-order valence-electron chi connectivity index (χ0n) is 15.7. The number of piperidine rings is 2. The lowest BCUT2D eigenvalue weighted by atomic mass is 9.72. The number of nitrogens with zero attached hydrogens (tertiary/aromatic N) is 4. The first-order valence-corrected chi connectivity index (χ1v) is 9.43. The van der Waals surface area contributed by atoms with E-state index in [1.165, 1.54) is 0 Å². The van der Waals surface area contributed by atoms with Crippen molar-refractivity contribution in [2.24, 2.45) is 5.41 Å². The molecule has 0 unspecified atom stereocenters. The molecule has 1 N–H and O–H groups in total. The molecule has 0 saturated carbocycles. The highest BCUT2D eigenvalue weighted by Gasteiger charge is 2.41. The molecule has 2 fully saturated rings. The Labute approximate surface area is 154 Å². The van der Waals surface area contributed by atoms with Gasteiger partial charge in [-0.05, 0) is 51.0 Å². The van der Waals surface area contributed by atoms with Crippen LogP contribution in [0.1, 0.15) is 54.1 Å². The first-order valence-electron chi connectivity index (χ1n) is 9.43. The minimum atomic E-state index is -0.0301.